The number of aromatic nitrogens is 1. The molecule has 0 unspecified atom stereocenters. The number of rotatable bonds is 4. The third-order valence-electron chi connectivity index (χ3n) is 3.07. The molecule has 0 amide bonds. The molecule has 1 fully saturated rings. The fourth-order valence-electron chi connectivity index (χ4n) is 1.80. The Bertz CT molecular complexity index is 366. The minimum atomic E-state index is 0.271. The van der Waals surface area contributed by atoms with E-state index in [2.05, 4.69) is 11.9 Å². The summed E-state index contributed by atoms with van der Waals surface area (Å²) in [5.74, 6) is 0.993. The highest BCUT2D eigenvalue weighted by Gasteiger charge is 2.23. The van der Waals surface area contributed by atoms with Crippen molar-refractivity contribution in [3.05, 3.63) is 15.6 Å². The summed E-state index contributed by atoms with van der Waals surface area (Å²) in [5.41, 5.74) is 1.14. The standard InChI is InChI=1S/C12H17NOS/c1-8(14)6-7-11-9(2)13-12(15-11)10-4-3-5-10/h10H,3-7H2,1-2H3. The van der Waals surface area contributed by atoms with E-state index in [4.69, 9.17) is 0 Å². The van der Waals surface area contributed by atoms with E-state index in [0.717, 1.165) is 18.0 Å². The van der Waals surface area contributed by atoms with Crippen LogP contribution >= 0.6 is 11.3 Å². The van der Waals surface area contributed by atoms with Crippen LogP contribution in [-0.2, 0) is 11.2 Å². The number of hydrogen-bond acceptors (Lipinski definition) is 3. The van der Waals surface area contributed by atoms with Gasteiger partial charge in [-0.2, -0.15) is 0 Å². The molecule has 0 saturated heterocycles. The zero-order chi connectivity index (χ0) is 10.8. The number of aryl methyl sites for hydroxylation is 2. The monoisotopic (exact) mass is 223 g/mol. The van der Waals surface area contributed by atoms with Gasteiger partial charge in [-0.3, -0.25) is 0 Å². The van der Waals surface area contributed by atoms with E-state index in [-0.39, 0.29) is 5.78 Å². The van der Waals surface area contributed by atoms with Gasteiger partial charge in [0.05, 0.1) is 10.7 Å². The molecule has 0 N–H and O–H groups in total. The van der Waals surface area contributed by atoms with Gasteiger partial charge in [0, 0.05) is 17.2 Å². The Kier molecular flexibility index (Phi) is 3.19. The molecule has 1 aliphatic rings. The van der Waals surface area contributed by atoms with Gasteiger partial charge in [-0.05, 0) is 33.1 Å². The van der Waals surface area contributed by atoms with Crippen LogP contribution in [0.25, 0.3) is 0 Å². The molecule has 1 heterocycles. The van der Waals surface area contributed by atoms with Crippen LogP contribution in [-0.4, -0.2) is 10.8 Å². The first-order valence-corrected chi connectivity index (χ1v) is 6.44. The molecule has 1 saturated carbocycles. The quantitative estimate of drug-likeness (QED) is 0.784. The first-order chi connectivity index (χ1) is 7.16. The van der Waals surface area contributed by atoms with Crippen LogP contribution in [0.4, 0.5) is 0 Å². The molecular formula is C12H17NOS. The van der Waals surface area contributed by atoms with Crippen LogP contribution in [0.3, 0.4) is 0 Å². The van der Waals surface area contributed by atoms with Crippen molar-refractivity contribution >= 4 is 17.1 Å². The van der Waals surface area contributed by atoms with Gasteiger partial charge in [0.2, 0.25) is 0 Å². The third kappa shape index (κ3) is 2.46. The average Bonchev–Trinajstić information content (AvgIpc) is 2.40. The largest absolute Gasteiger partial charge is 0.300 e. The van der Waals surface area contributed by atoms with E-state index in [0.29, 0.717) is 6.42 Å². The molecule has 0 atom stereocenters. The second-order valence-electron chi connectivity index (χ2n) is 4.39. The Labute approximate surface area is 94.7 Å². The summed E-state index contributed by atoms with van der Waals surface area (Å²) in [4.78, 5) is 16.9. The Morgan fingerprint density at radius 1 is 1.53 bits per heavy atom. The normalized spacial score (nSPS) is 16.4. The van der Waals surface area contributed by atoms with E-state index in [1.807, 2.05) is 11.3 Å². The molecule has 2 nitrogen and oxygen atoms in total. The molecule has 1 aromatic heterocycles. The maximum absolute atomic E-state index is 10.9. The molecule has 1 aliphatic carbocycles. The minimum absolute atomic E-state index is 0.271. The second kappa shape index (κ2) is 4.44. The predicted octanol–water partition coefficient (Wildman–Crippen LogP) is 3.24. The molecule has 1 aromatic rings. The first kappa shape index (κ1) is 10.8. The lowest BCUT2D eigenvalue weighted by atomic mass is 9.86. The number of carbonyl (C=O) groups excluding carboxylic acids is 1. The van der Waals surface area contributed by atoms with E-state index >= 15 is 0 Å². The molecule has 2 rings (SSSR count). The van der Waals surface area contributed by atoms with Crippen LogP contribution in [0.15, 0.2) is 0 Å². The number of ketones is 1. The lowest BCUT2D eigenvalue weighted by Crippen LogP contribution is -2.07. The molecule has 3 heteroatoms. The van der Waals surface area contributed by atoms with E-state index < -0.39 is 0 Å². The van der Waals surface area contributed by atoms with Gasteiger partial charge < -0.3 is 4.79 Å². The molecule has 0 aromatic carbocycles. The minimum Gasteiger partial charge on any atom is -0.300 e. The topological polar surface area (TPSA) is 30.0 Å². The fourth-order valence-corrected chi connectivity index (χ4v) is 3.04. The van der Waals surface area contributed by atoms with Gasteiger partial charge >= 0.3 is 0 Å². The van der Waals surface area contributed by atoms with Crippen molar-refractivity contribution in [1.82, 2.24) is 4.98 Å². The smallest absolute Gasteiger partial charge is 0.130 e. The Balaban J connectivity index is 2.03. The highest BCUT2D eigenvalue weighted by atomic mass is 32.1. The summed E-state index contributed by atoms with van der Waals surface area (Å²) in [6.45, 7) is 3.72. The summed E-state index contributed by atoms with van der Waals surface area (Å²) < 4.78 is 0. The molecule has 0 radical (unpaired) electrons. The fraction of sp³-hybridized carbons (Fsp3) is 0.667. The van der Waals surface area contributed by atoms with Gasteiger partial charge in [0.25, 0.3) is 0 Å². The predicted molar refractivity (Wildman–Crippen MR) is 62.4 cm³/mol. The highest BCUT2D eigenvalue weighted by molar-refractivity contribution is 7.11. The third-order valence-corrected chi connectivity index (χ3v) is 4.45. The molecule has 15 heavy (non-hydrogen) atoms. The zero-order valence-electron chi connectivity index (χ0n) is 9.38. The van der Waals surface area contributed by atoms with Crippen molar-refractivity contribution in [3.8, 4) is 0 Å². The number of hydrogen-bond donors (Lipinski definition) is 0. The second-order valence-corrected chi connectivity index (χ2v) is 5.51. The summed E-state index contributed by atoms with van der Waals surface area (Å²) >= 11 is 1.82. The number of thiazole rings is 1. The molecule has 0 spiro atoms. The summed E-state index contributed by atoms with van der Waals surface area (Å²) in [6.07, 6.45) is 5.50. The van der Waals surface area contributed by atoms with Gasteiger partial charge in [-0.1, -0.05) is 6.42 Å². The molecule has 82 valence electrons. The Morgan fingerprint density at radius 2 is 2.27 bits per heavy atom. The SMILES string of the molecule is CC(=O)CCc1sc(C2CCC2)nc1C. The van der Waals surface area contributed by atoms with Crippen LogP contribution in [0.2, 0.25) is 0 Å². The zero-order valence-corrected chi connectivity index (χ0v) is 10.2. The summed E-state index contributed by atoms with van der Waals surface area (Å²) in [6, 6.07) is 0. The van der Waals surface area contributed by atoms with Crippen LogP contribution < -0.4 is 0 Å². The Hall–Kier alpha value is -0.700. The van der Waals surface area contributed by atoms with Crippen molar-refractivity contribution in [2.45, 2.75) is 51.9 Å². The van der Waals surface area contributed by atoms with Crippen LogP contribution in [0, 0.1) is 6.92 Å². The number of Topliss-reactive ketones (excluding diaryl/α,β-unsaturated/α-hetero) is 1. The maximum atomic E-state index is 10.9. The summed E-state index contributed by atoms with van der Waals surface area (Å²) in [5, 5.41) is 1.30. The lowest BCUT2D eigenvalue weighted by molar-refractivity contribution is -0.116. The van der Waals surface area contributed by atoms with Crippen molar-refractivity contribution in [3.63, 3.8) is 0 Å². The van der Waals surface area contributed by atoms with Crippen LogP contribution in [0.5, 0.6) is 0 Å². The van der Waals surface area contributed by atoms with E-state index in [1.165, 1.54) is 29.1 Å². The van der Waals surface area contributed by atoms with Crippen molar-refractivity contribution in [2.24, 2.45) is 0 Å². The van der Waals surface area contributed by atoms with Crippen molar-refractivity contribution in [2.75, 3.05) is 0 Å². The summed E-state index contributed by atoms with van der Waals surface area (Å²) in [7, 11) is 0. The van der Waals surface area contributed by atoms with Crippen molar-refractivity contribution < 1.29 is 4.79 Å². The lowest BCUT2D eigenvalue weighted by Gasteiger charge is -2.22. The first-order valence-electron chi connectivity index (χ1n) is 5.62. The molecular weight excluding hydrogens is 206 g/mol. The van der Waals surface area contributed by atoms with Gasteiger partial charge in [0.1, 0.15) is 5.78 Å². The van der Waals surface area contributed by atoms with Gasteiger partial charge in [-0.15, -0.1) is 11.3 Å². The van der Waals surface area contributed by atoms with Gasteiger partial charge in [0.15, 0.2) is 0 Å². The van der Waals surface area contributed by atoms with Gasteiger partial charge in [-0.25, -0.2) is 4.98 Å². The van der Waals surface area contributed by atoms with Crippen LogP contribution in [0.1, 0.15) is 54.1 Å². The maximum Gasteiger partial charge on any atom is 0.130 e. The molecule has 0 aliphatic heterocycles. The van der Waals surface area contributed by atoms with E-state index in [9.17, 15) is 4.79 Å². The number of carbonyl (C=O) groups is 1. The van der Waals surface area contributed by atoms with Crippen molar-refractivity contribution in [1.29, 1.82) is 0 Å². The highest BCUT2D eigenvalue weighted by Crippen LogP contribution is 2.39. The van der Waals surface area contributed by atoms with E-state index in [1.54, 1.807) is 6.92 Å². The Morgan fingerprint density at radius 3 is 2.80 bits per heavy atom. The molecule has 0 bridgehead atoms. The average molecular weight is 223 g/mol. The number of nitrogens with zero attached hydrogens (tertiary/aromatic N) is 1.